The highest BCUT2D eigenvalue weighted by atomic mass is 35.5. The van der Waals surface area contributed by atoms with E-state index in [1.54, 1.807) is 32.0 Å². The van der Waals surface area contributed by atoms with Gasteiger partial charge in [0.05, 0.1) is 10.7 Å². The summed E-state index contributed by atoms with van der Waals surface area (Å²) in [7, 11) is 0. The molecule has 0 aliphatic heterocycles. The SMILES string of the molecule is CC(C)N(CC(F)(F)F)c1ccc(CCl)cc1Cl. The van der Waals surface area contributed by atoms with Crippen LogP contribution in [0.4, 0.5) is 18.9 Å². The second kappa shape index (κ2) is 6.02. The number of nitrogens with zero attached hydrogens (tertiary/aromatic N) is 1. The van der Waals surface area contributed by atoms with Crippen LogP contribution in [0, 0.1) is 0 Å². The Hall–Kier alpha value is -0.610. The van der Waals surface area contributed by atoms with Gasteiger partial charge in [0.2, 0.25) is 0 Å². The van der Waals surface area contributed by atoms with Gasteiger partial charge in [0, 0.05) is 11.9 Å². The maximum Gasteiger partial charge on any atom is 0.405 e. The summed E-state index contributed by atoms with van der Waals surface area (Å²) in [4.78, 5) is 1.22. The van der Waals surface area contributed by atoms with E-state index in [0.29, 0.717) is 5.69 Å². The normalized spacial score (nSPS) is 12.0. The zero-order valence-electron chi connectivity index (χ0n) is 10.1. The van der Waals surface area contributed by atoms with Gasteiger partial charge in [-0.3, -0.25) is 0 Å². The summed E-state index contributed by atoms with van der Waals surface area (Å²) in [5.41, 5.74) is 1.15. The number of anilines is 1. The molecule has 1 rings (SSSR count). The summed E-state index contributed by atoms with van der Waals surface area (Å²) in [5.74, 6) is 0.279. The van der Waals surface area contributed by atoms with Crippen molar-refractivity contribution in [1.29, 1.82) is 0 Å². The molecule has 1 aromatic carbocycles. The van der Waals surface area contributed by atoms with Crippen LogP contribution in [0.5, 0.6) is 0 Å². The first kappa shape index (κ1) is 15.4. The zero-order valence-corrected chi connectivity index (χ0v) is 11.6. The zero-order chi connectivity index (χ0) is 13.9. The number of hydrogen-bond donors (Lipinski definition) is 0. The van der Waals surface area contributed by atoms with Crippen LogP contribution in [0.15, 0.2) is 18.2 Å². The molecule has 0 saturated carbocycles. The minimum absolute atomic E-state index is 0.279. The van der Waals surface area contributed by atoms with Gasteiger partial charge in [-0.05, 0) is 31.5 Å². The van der Waals surface area contributed by atoms with E-state index in [-0.39, 0.29) is 16.9 Å². The average molecular weight is 300 g/mol. The fourth-order valence-corrected chi connectivity index (χ4v) is 2.08. The fourth-order valence-electron chi connectivity index (χ4n) is 1.61. The van der Waals surface area contributed by atoms with Crippen LogP contribution in [-0.2, 0) is 5.88 Å². The van der Waals surface area contributed by atoms with E-state index < -0.39 is 12.7 Å². The number of alkyl halides is 4. The molecule has 0 aliphatic carbocycles. The summed E-state index contributed by atoms with van der Waals surface area (Å²) in [6.07, 6.45) is -4.27. The van der Waals surface area contributed by atoms with Gasteiger partial charge in [0.25, 0.3) is 0 Å². The second-order valence-electron chi connectivity index (χ2n) is 4.26. The fraction of sp³-hybridized carbons (Fsp3) is 0.500. The lowest BCUT2D eigenvalue weighted by molar-refractivity contribution is -0.120. The van der Waals surface area contributed by atoms with Crippen molar-refractivity contribution >= 4 is 28.9 Å². The van der Waals surface area contributed by atoms with Crippen molar-refractivity contribution in [2.75, 3.05) is 11.4 Å². The third kappa shape index (κ3) is 4.25. The van der Waals surface area contributed by atoms with Gasteiger partial charge < -0.3 is 4.90 Å². The molecule has 1 aromatic rings. The lowest BCUT2D eigenvalue weighted by Crippen LogP contribution is -2.39. The van der Waals surface area contributed by atoms with Gasteiger partial charge in [0.1, 0.15) is 6.54 Å². The molecular weight excluding hydrogens is 286 g/mol. The van der Waals surface area contributed by atoms with E-state index in [1.807, 2.05) is 0 Å². The lowest BCUT2D eigenvalue weighted by Gasteiger charge is -2.30. The molecule has 0 radical (unpaired) electrons. The molecule has 0 saturated heterocycles. The maximum absolute atomic E-state index is 12.5. The molecule has 1 nitrogen and oxygen atoms in total. The molecule has 0 N–H and O–H groups in total. The second-order valence-corrected chi connectivity index (χ2v) is 4.93. The van der Waals surface area contributed by atoms with Crippen LogP contribution in [0.25, 0.3) is 0 Å². The topological polar surface area (TPSA) is 3.24 Å². The Morgan fingerprint density at radius 2 is 1.89 bits per heavy atom. The van der Waals surface area contributed by atoms with Crippen LogP contribution in [-0.4, -0.2) is 18.8 Å². The first-order valence-corrected chi connectivity index (χ1v) is 6.33. The molecule has 0 bridgehead atoms. The van der Waals surface area contributed by atoms with E-state index >= 15 is 0 Å². The number of rotatable bonds is 4. The molecule has 0 fully saturated rings. The van der Waals surface area contributed by atoms with E-state index in [9.17, 15) is 13.2 Å². The smallest absolute Gasteiger partial charge is 0.359 e. The highest BCUT2D eigenvalue weighted by Gasteiger charge is 2.32. The first-order valence-electron chi connectivity index (χ1n) is 5.42. The maximum atomic E-state index is 12.5. The van der Waals surface area contributed by atoms with Crippen molar-refractivity contribution in [2.45, 2.75) is 31.9 Å². The molecule has 0 aromatic heterocycles. The predicted molar refractivity (Wildman–Crippen MR) is 69.5 cm³/mol. The molecule has 0 unspecified atom stereocenters. The molecular formula is C12H14Cl2F3N. The Morgan fingerprint density at radius 3 is 2.28 bits per heavy atom. The molecule has 0 aliphatic rings. The third-order valence-electron chi connectivity index (χ3n) is 2.45. The van der Waals surface area contributed by atoms with Crippen molar-refractivity contribution in [3.05, 3.63) is 28.8 Å². The van der Waals surface area contributed by atoms with Crippen LogP contribution in [0.1, 0.15) is 19.4 Å². The lowest BCUT2D eigenvalue weighted by atomic mass is 10.2. The molecule has 0 heterocycles. The Balaban J connectivity index is 3.06. The quantitative estimate of drug-likeness (QED) is 0.718. The van der Waals surface area contributed by atoms with Gasteiger partial charge in [0.15, 0.2) is 0 Å². The Morgan fingerprint density at radius 1 is 1.28 bits per heavy atom. The van der Waals surface area contributed by atoms with E-state index in [2.05, 4.69) is 0 Å². The highest BCUT2D eigenvalue weighted by molar-refractivity contribution is 6.33. The minimum Gasteiger partial charge on any atom is -0.359 e. The predicted octanol–water partition coefficient (Wildman–Crippen LogP) is 4.86. The summed E-state index contributed by atoms with van der Waals surface area (Å²) in [6.45, 7) is 2.36. The summed E-state index contributed by atoms with van der Waals surface area (Å²) in [5, 5.41) is 0.283. The van der Waals surface area contributed by atoms with E-state index in [1.165, 1.54) is 4.90 Å². The van der Waals surface area contributed by atoms with Gasteiger partial charge in [-0.1, -0.05) is 17.7 Å². The summed E-state index contributed by atoms with van der Waals surface area (Å²) < 4.78 is 37.6. The average Bonchev–Trinajstić information content (AvgIpc) is 2.24. The van der Waals surface area contributed by atoms with Gasteiger partial charge in [-0.15, -0.1) is 11.6 Å². The van der Waals surface area contributed by atoms with Crippen molar-refractivity contribution in [3.8, 4) is 0 Å². The molecule has 102 valence electrons. The molecule has 0 spiro atoms. The molecule has 6 heteroatoms. The molecule has 18 heavy (non-hydrogen) atoms. The Labute approximate surface area is 114 Å². The summed E-state index contributed by atoms with van der Waals surface area (Å²) in [6, 6.07) is 4.55. The van der Waals surface area contributed by atoms with Crippen LogP contribution in [0.2, 0.25) is 5.02 Å². The van der Waals surface area contributed by atoms with Crippen molar-refractivity contribution < 1.29 is 13.2 Å². The van der Waals surface area contributed by atoms with Crippen LogP contribution < -0.4 is 4.90 Å². The Bertz CT molecular complexity index is 405. The van der Waals surface area contributed by atoms with Crippen LogP contribution in [0.3, 0.4) is 0 Å². The van der Waals surface area contributed by atoms with Crippen molar-refractivity contribution in [1.82, 2.24) is 0 Å². The minimum atomic E-state index is -4.27. The van der Waals surface area contributed by atoms with Gasteiger partial charge in [-0.25, -0.2) is 0 Å². The first-order chi connectivity index (χ1) is 8.24. The van der Waals surface area contributed by atoms with E-state index in [0.717, 1.165) is 5.56 Å². The van der Waals surface area contributed by atoms with Crippen LogP contribution >= 0.6 is 23.2 Å². The van der Waals surface area contributed by atoms with Gasteiger partial charge in [-0.2, -0.15) is 13.2 Å². The number of halogens is 5. The van der Waals surface area contributed by atoms with Crippen molar-refractivity contribution in [2.24, 2.45) is 0 Å². The molecule has 0 amide bonds. The monoisotopic (exact) mass is 299 g/mol. The van der Waals surface area contributed by atoms with Crippen molar-refractivity contribution in [3.63, 3.8) is 0 Å². The number of benzene rings is 1. The third-order valence-corrected chi connectivity index (χ3v) is 3.06. The highest BCUT2D eigenvalue weighted by Crippen LogP contribution is 2.31. The molecule has 0 atom stereocenters. The number of hydrogen-bond acceptors (Lipinski definition) is 1. The van der Waals surface area contributed by atoms with Gasteiger partial charge >= 0.3 is 6.18 Å². The largest absolute Gasteiger partial charge is 0.405 e. The Kier molecular flexibility index (Phi) is 5.17. The standard InChI is InChI=1S/C12H14Cl2F3N/c1-8(2)18(7-12(15,16)17)11-4-3-9(6-13)5-10(11)14/h3-5,8H,6-7H2,1-2H3. The summed E-state index contributed by atoms with van der Waals surface area (Å²) >= 11 is 11.7. The van der Waals surface area contributed by atoms with E-state index in [4.69, 9.17) is 23.2 Å².